The van der Waals surface area contributed by atoms with Crippen LogP contribution >= 0.6 is 11.6 Å². The zero-order valence-corrected chi connectivity index (χ0v) is 13.7. The van der Waals surface area contributed by atoms with Crippen LogP contribution in [-0.2, 0) is 0 Å². The molecule has 0 saturated heterocycles. The van der Waals surface area contributed by atoms with Crippen LogP contribution in [0.15, 0.2) is 46.9 Å². The average molecular weight is 314 g/mol. The van der Waals surface area contributed by atoms with Crippen molar-refractivity contribution >= 4 is 22.6 Å². The second kappa shape index (κ2) is 5.98. The van der Waals surface area contributed by atoms with Crippen molar-refractivity contribution in [1.82, 2.24) is 0 Å². The van der Waals surface area contributed by atoms with Crippen LogP contribution in [0.2, 0.25) is 5.02 Å². The summed E-state index contributed by atoms with van der Waals surface area (Å²) in [5, 5.41) is 1.72. The van der Waals surface area contributed by atoms with Crippen molar-refractivity contribution < 1.29 is 9.15 Å². The van der Waals surface area contributed by atoms with Gasteiger partial charge in [0.1, 0.15) is 11.1 Å². The Morgan fingerprint density at radius 2 is 1.77 bits per heavy atom. The van der Waals surface area contributed by atoms with E-state index < -0.39 is 0 Å². The second-order valence-corrected chi connectivity index (χ2v) is 5.81. The van der Waals surface area contributed by atoms with Crippen molar-refractivity contribution in [3.63, 3.8) is 0 Å². The number of ether oxygens (including phenoxy) is 1. The Labute approximate surface area is 135 Å². The third kappa shape index (κ3) is 2.79. The van der Waals surface area contributed by atoms with Crippen LogP contribution in [0, 0.1) is 13.8 Å². The number of halogens is 1. The van der Waals surface area contributed by atoms with Gasteiger partial charge in [-0.3, -0.25) is 0 Å². The first-order valence-corrected chi connectivity index (χ1v) is 7.73. The first-order valence-electron chi connectivity index (χ1n) is 7.35. The van der Waals surface area contributed by atoms with Gasteiger partial charge in [0.05, 0.1) is 23.8 Å². The molecule has 0 aliphatic rings. The Kier molecular flexibility index (Phi) is 4.04. The zero-order chi connectivity index (χ0) is 15.7. The third-order valence-electron chi connectivity index (χ3n) is 3.59. The minimum atomic E-state index is 0.617. The van der Waals surface area contributed by atoms with E-state index in [0.29, 0.717) is 11.6 Å². The number of fused-ring (bicyclic) bond motifs is 1. The van der Waals surface area contributed by atoms with E-state index in [9.17, 15) is 0 Å². The SMILES string of the molecule is CCOc1cc(-c2ccc(Cl)cc2)[o+]c2c(C)cc(C)cc12. The first-order chi connectivity index (χ1) is 10.6. The van der Waals surface area contributed by atoms with Crippen molar-refractivity contribution in [3.8, 4) is 17.1 Å². The molecule has 2 aromatic carbocycles. The second-order valence-electron chi connectivity index (χ2n) is 5.37. The first kappa shape index (κ1) is 14.9. The molecule has 0 N–H and O–H groups in total. The normalized spacial score (nSPS) is 10.9. The van der Waals surface area contributed by atoms with Gasteiger partial charge >= 0.3 is 11.3 Å². The number of aryl methyl sites for hydroxylation is 2. The Hall–Kier alpha value is -2.06. The van der Waals surface area contributed by atoms with Gasteiger partial charge in [0, 0.05) is 5.02 Å². The maximum absolute atomic E-state index is 6.14. The lowest BCUT2D eigenvalue weighted by Gasteiger charge is -2.06. The van der Waals surface area contributed by atoms with Crippen LogP contribution in [0.3, 0.4) is 0 Å². The maximum atomic E-state index is 6.14. The van der Waals surface area contributed by atoms with Crippen molar-refractivity contribution in [2.24, 2.45) is 0 Å². The summed E-state index contributed by atoms with van der Waals surface area (Å²) in [7, 11) is 0. The van der Waals surface area contributed by atoms with Gasteiger partial charge < -0.3 is 4.74 Å². The summed E-state index contributed by atoms with van der Waals surface area (Å²) in [5.41, 5.74) is 4.14. The van der Waals surface area contributed by atoms with Gasteiger partial charge in [0.2, 0.25) is 0 Å². The minimum Gasteiger partial charge on any atom is -0.493 e. The molecule has 3 rings (SSSR count). The van der Waals surface area contributed by atoms with E-state index in [4.69, 9.17) is 20.8 Å². The molecule has 1 aromatic heterocycles. The van der Waals surface area contributed by atoms with Crippen LogP contribution in [0.1, 0.15) is 18.1 Å². The highest BCUT2D eigenvalue weighted by Gasteiger charge is 2.22. The van der Waals surface area contributed by atoms with Crippen molar-refractivity contribution in [3.05, 3.63) is 58.6 Å². The van der Waals surface area contributed by atoms with Gasteiger partial charge in [-0.05, 0) is 62.7 Å². The number of benzene rings is 2. The number of rotatable bonds is 3. The van der Waals surface area contributed by atoms with Gasteiger partial charge in [-0.15, -0.1) is 0 Å². The Bertz CT molecular complexity index is 823. The van der Waals surface area contributed by atoms with Gasteiger partial charge in [-0.25, -0.2) is 4.42 Å². The van der Waals surface area contributed by atoms with Gasteiger partial charge in [-0.1, -0.05) is 11.6 Å². The summed E-state index contributed by atoms with van der Waals surface area (Å²) in [6.45, 7) is 6.74. The molecule has 0 unspecified atom stereocenters. The predicted octanol–water partition coefficient (Wildman–Crippen LogP) is 6.05. The van der Waals surface area contributed by atoms with Crippen LogP contribution in [0.5, 0.6) is 5.75 Å². The van der Waals surface area contributed by atoms with Crippen molar-refractivity contribution in [2.75, 3.05) is 6.61 Å². The van der Waals surface area contributed by atoms with E-state index in [2.05, 4.69) is 26.0 Å². The van der Waals surface area contributed by atoms with E-state index in [1.807, 2.05) is 37.3 Å². The fourth-order valence-corrected chi connectivity index (χ4v) is 2.77. The molecule has 0 bridgehead atoms. The highest BCUT2D eigenvalue weighted by molar-refractivity contribution is 6.30. The number of hydrogen-bond acceptors (Lipinski definition) is 1. The molecule has 3 aromatic rings. The fourth-order valence-electron chi connectivity index (χ4n) is 2.64. The standard InChI is InChI=1S/C19H18ClO2/c1-4-21-18-11-17(14-5-7-15(20)8-6-14)22-19-13(3)9-12(2)10-16(18)19/h5-11H,4H2,1-3H3/q+1. The molecule has 22 heavy (non-hydrogen) atoms. The molecule has 0 aliphatic heterocycles. The Morgan fingerprint density at radius 3 is 2.45 bits per heavy atom. The molecule has 0 spiro atoms. The molecule has 1 heterocycles. The summed E-state index contributed by atoms with van der Waals surface area (Å²) < 4.78 is 12.0. The smallest absolute Gasteiger partial charge is 0.367 e. The van der Waals surface area contributed by atoms with Crippen molar-refractivity contribution in [1.29, 1.82) is 0 Å². The number of hydrogen-bond donors (Lipinski definition) is 0. The molecule has 0 saturated carbocycles. The van der Waals surface area contributed by atoms with Gasteiger partial charge in [0.15, 0.2) is 0 Å². The summed E-state index contributed by atoms with van der Waals surface area (Å²) in [5.74, 6) is 1.63. The van der Waals surface area contributed by atoms with E-state index in [1.54, 1.807) is 0 Å². The van der Waals surface area contributed by atoms with Gasteiger partial charge in [-0.2, -0.15) is 0 Å². The molecule has 112 valence electrons. The lowest BCUT2D eigenvalue weighted by molar-refractivity contribution is 0.342. The average Bonchev–Trinajstić information content (AvgIpc) is 2.49. The topological polar surface area (TPSA) is 20.5 Å². The highest BCUT2D eigenvalue weighted by Crippen LogP contribution is 2.35. The van der Waals surface area contributed by atoms with Crippen LogP contribution in [-0.4, -0.2) is 6.61 Å². The minimum absolute atomic E-state index is 0.617. The Balaban J connectivity index is 2.26. The van der Waals surface area contributed by atoms with Crippen molar-refractivity contribution in [2.45, 2.75) is 20.8 Å². The van der Waals surface area contributed by atoms with E-state index in [-0.39, 0.29) is 0 Å². The molecule has 0 amide bonds. The highest BCUT2D eigenvalue weighted by atomic mass is 35.5. The summed E-state index contributed by atoms with van der Waals surface area (Å²) in [6.07, 6.45) is 0. The van der Waals surface area contributed by atoms with E-state index in [0.717, 1.165) is 33.6 Å². The zero-order valence-electron chi connectivity index (χ0n) is 12.9. The van der Waals surface area contributed by atoms with Gasteiger partial charge in [0.25, 0.3) is 0 Å². The largest absolute Gasteiger partial charge is 0.493 e. The molecule has 0 fully saturated rings. The fraction of sp³-hybridized carbons (Fsp3) is 0.211. The molecular weight excluding hydrogens is 296 g/mol. The van der Waals surface area contributed by atoms with E-state index >= 15 is 0 Å². The summed E-state index contributed by atoms with van der Waals surface area (Å²) in [4.78, 5) is 0. The molecule has 0 radical (unpaired) electrons. The lowest BCUT2D eigenvalue weighted by Crippen LogP contribution is -1.95. The molecule has 2 nitrogen and oxygen atoms in total. The van der Waals surface area contributed by atoms with Crippen LogP contribution in [0.25, 0.3) is 22.3 Å². The summed E-state index contributed by atoms with van der Waals surface area (Å²) in [6, 6.07) is 13.8. The monoisotopic (exact) mass is 313 g/mol. The van der Waals surface area contributed by atoms with E-state index in [1.165, 1.54) is 5.56 Å². The van der Waals surface area contributed by atoms with Crippen LogP contribution in [0.4, 0.5) is 0 Å². The third-order valence-corrected chi connectivity index (χ3v) is 3.84. The predicted molar refractivity (Wildman–Crippen MR) is 91.7 cm³/mol. The molecular formula is C19H18ClO2+. The van der Waals surface area contributed by atoms with Crippen LogP contribution < -0.4 is 4.74 Å². The Morgan fingerprint density at radius 1 is 1.05 bits per heavy atom. The molecule has 0 atom stereocenters. The lowest BCUT2D eigenvalue weighted by atomic mass is 10.1. The molecule has 0 aliphatic carbocycles. The molecule has 3 heteroatoms. The summed E-state index contributed by atoms with van der Waals surface area (Å²) >= 11 is 5.96. The maximum Gasteiger partial charge on any atom is 0.367 e. The quantitative estimate of drug-likeness (QED) is 0.549.